The van der Waals surface area contributed by atoms with E-state index in [0.29, 0.717) is 26.2 Å². The van der Waals surface area contributed by atoms with Crippen molar-refractivity contribution in [1.29, 1.82) is 0 Å². The SMILES string of the molecule is CCOc1ccc(CCNC(=O)Cc2ccc(OC)cc2)cc1OCC. The zero-order chi connectivity index (χ0) is 18.8. The van der Waals surface area contributed by atoms with Gasteiger partial charge in [0.05, 0.1) is 26.7 Å². The van der Waals surface area contributed by atoms with Gasteiger partial charge in [-0.2, -0.15) is 0 Å². The van der Waals surface area contributed by atoms with Gasteiger partial charge < -0.3 is 19.5 Å². The highest BCUT2D eigenvalue weighted by atomic mass is 16.5. The fourth-order valence-electron chi connectivity index (χ4n) is 2.59. The topological polar surface area (TPSA) is 56.8 Å². The van der Waals surface area contributed by atoms with E-state index in [1.54, 1.807) is 7.11 Å². The van der Waals surface area contributed by atoms with Crippen LogP contribution >= 0.6 is 0 Å². The van der Waals surface area contributed by atoms with Crippen LogP contribution in [0.1, 0.15) is 25.0 Å². The molecule has 0 fully saturated rings. The van der Waals surface area contributed by atoms with E-state index in [1.165, 1.54) is 0 Å². The molecule has 1 N–H and O–H groups in total. The largest absolute Gasteiger partial charge is 0.497 e. The van der Waals surface area contributed by atoms with E-state index in [0.717, 1.165) is 34.8 Å². The molecule has 140 valence electrons. The van der Waals surface area contributed by atoms with E-state index in [1.807, 2.05) is 56.3 Å². The number of ether oxygens (including phenoxy) is 3. The molecule has 0 bridgehead atoms. The van der Waals surface area contributed by atoms with Gasteiger partial charge in [0.25, 0.3) is 0 Å². The standard InChI is InChI=1S/C21H27NO4/c1-4-25-19-11-8-17(14-20(19)26-5-2)12-13-22-21(23)15-16-6-9-18(24-3)10-7-16/h6-11,14H,4-5,12-13,15H2,1-3H3,(H,22,23). The molecule has 0 unspecified atom stereocenters. The third-order valence-electron chi connectivity index (χ3n) is 3.87. The summed E-state index contributed by atoms with van der Waals surface area (Å²) in [5, 5.41) is 2.96. The first-order valence-corrected chi connectivity index (χ1v) is 8.94. The molecule has 0 aliphatic heterocycles. The van der Waals surface area contributed by atoms with Crippen molar-refractivity contribution in [2.24, 2.45) is 0 Å². The number of carbonyl (C=O) groups excluding carboxylic acids is 1. The van der Waals surface area contributed by atoms with Gasteiger partial charge in [0.2, 0.25) is 5.91 Å². The van der Waals surface area contributed by atoms with E-state index in [4.69, 9.17) is 14.2 Å². The zero-order valence-corrected chi connectivity index (χ0v) is 15.7. The number of carbonyl (C=O) groups is 1. The number of hydrogen-bond donors (Lipinski definition) is 1. The molecule has 26 heavy (non-hydrogen) atoms. The molecule has 5 heteroatoms. The van der Waals surface area contributed by atoms with Crippen LogP contribution < -0.4 is 19.5 Å². The third kappa shape index (κ3) is 5.99. The van der Waals surface area contributed by atoms with Gasteiger partial charge in [0.15, 0.2) is 11.5 Å². The van der Waals surface area contributed by atoms with Gasteiger partial charge in [-0.05, 0) is 55.7 Å². The minimum Gasteiger partial charge on any atom is -0.497 e. The van der Waals surface area contributed by atoms with Crippen molar-refractivity contribution in [2.45, 2.75) is 26.7 Å². The van der Waals surface area contributed by atoms with Crippen LogP contribution in [0.3, 0.4) is 0 Å². The predicted molar refractivity (Wildman–Crippen MR) is 102 cm³/mol. The van der Waals surface area contributed by atoms with E-state index >= 15 is 0 Å². The van der Waals surface area contributed by atoms with Crippen molar-refractivity contribution in [1.82, 2.24) is 5.32 Å². The van der Waals surface area contributed by atoms with Crippen molar-refractivity contribution in [3.63, 3.8) is 0 Å². The highest BCUT2D eigenvalue weighted by molar-refractivity contribution is 5.78. The maximum Gasteiger partial charge on any atom is 0.224 e. The maximum absolute atomic E-state index is 12.1. The minimum absolute atomic E-state index is 0.00568. The lowest BCUT2D eigenvalue weighted by molar-refractivity contribution is -0.120. The van der Waals surface area contributed by atoms with Gasteiger partial charge >= 0.3 is 0 Å². The van der Waals surface area contributed by atoms with Crippen LogP contribution in [-0.4, -0.2) is 32.8 Å². The fourth-order valence-corrected chi connectivity index (χ4v) is 2.59. The van der Waals surface area contributed by atoms with Crippen molar-refractivity contribution in [3.8, 4) is 17.2 Å². The highest BCUT2D eigenvalue weighted by Gasteiger charge is 2.07. The molecule has 0 aromatic heterocycles. The number of methoxy groups -OCH3 is 1. The molecular weight excluding hydrogens is 330 g/mol. The minimum atomic E-state index is 0.00568. The predicted octanol–water partition coefficient (Wildman–Crippen LogP) is 3.39. The summed E-state index contributed by atoms with van der Waals surface area (Å²) in [4.78, 5) is 12.1. The Morgan fingerprint density at radius 2 is 1.58 bits per heavy atom. The maximum atomic E-state index is 12.1. The second-order valence-corrected chi connectivity index (χ2v) is 5.77. The molecule has 0 spiro atoms. The number of nitrogens with one attached hydrogen (secondary N) is 1. The first-order chi connectivity index (χ1) is 12.7. The van der Waals surface area contributed by atoms with Gasteiger partial charge in [0.1, 0.15) is 5.75 Å². The second-order valence-electron chi connectivity index (χ2n) is 5.77. The molecule has 2 aromatic carbocycles. The zero-order valence-electron chi connectivity index (χ0n) is 15.7. The quantitative estimate of drug-likeness (QED) is 0.708. The Hall–Kier alpha value is -2.69. The van der Waals surface area contributed by atoms with Crippen LogP contribution in [0.25, 0.3) is 0 Å². The molecular formula is C21H27NO4. The van der Waals surface area contributed by atoms with Gasteiger partial charge in [-0.15, -0.1) is 0 Å². The number of amides is 1. The van der Waals surface area contributed by atoms with Crippen LogP contribution in [0.5, 0.6) is 17.2 Å². The Morgan fingerprint density at radius 3 is 2.23 bits per heavy atom. The Kier molecular flexibility index (Phi) is 7.80. The van der Waals surface area contributed by atoms with Crippen LogP contribution in [0.15, 0.2) is 42.5 Å². The lowest BCUT2D eigenvalue weighted by atomic mass is 10.1. The Bertz CT molecular complexity index is 698. The molecule has 2 rings (SSSR count). The summed E-state index contributed by atoms with van der Waals surface area (Å²) < 4.78 is 16.3. The van der Waals surface area contributed by atoms with Crippen LogP contribution in [0, 0.1) is 0 Å². The normalized spacial score (nSPS) is 10.3. The van der Waals surface area contributed by atoms with Crippen LogP contribution in [-0.2, 0) is 17.6 Å². The van der Waals surface area contributed by atoms with E-state index < -0.39 is 0 Å². The molecule has 0 aliphatic carbocycles. The first-order valence-electron chi connectivity index (χ1n) is 8.94. The van der Waals surface area contributed by atoms with E-state index in [2.05, 4.69) is 5.32 Å². The molecule has 0 aliphatic rings. The fraction of sp³-hybridized carbons (Fsp3) is 0.381. The van der Waals surface area contributed by atoms with Gasteiger partial charge in [-0.3, -0.25) is 4.79 Å². The Balaban J connectivity index is 1.84. The highest BCUT2D eigenvalue weighted by Crippen LogP contribution is 2.28. The molecule has 0 radical (unpaired) electrons. The van der Waals surface area contributed by atoms with Crippen LogP contribution in [0.2, 0.25) is 0 Å². The molecule has 0 saturated carbocycles. The summed E-state index contributed by atoms with van der Waals surface area (Å²) in [5.41, 5.74) is 2.06. The van der Waals surface area contributed by atoms with Crippen molar-refractivity contribution in [3.05, 3.63) is 53.6 Å². The summed E-state index contributed by atoms with van der Waals surface area (Å²) in [6, 6.07) is 13.4. The monoisotopic (exact) mass is 357 g/mol. The lowest BCUT2D eigenvalue weighted by Gasteiger charge is -2.12. The van der Waals surface area contributed by atoms with Crippen molar-refractivity contribution in [2.75, 3.05) is 26.9 Å². The molecule has 1 amide bonds. The van der Waals surface area contributed by atoms with Crippen molar-refractivity contribution < 1.29 is 19.0 Å². The number of hydrogen-bond acceptors (Lipinski definition) is 4. The lowest BCUT2D eigenvalue weighted by Crippen LogP contribution is -2.27. The van der Waals surface area contributed by atoms with Gasteiger partial charge in [-0.1, -0.05) is 18.2 Å². The Labute approximate surface area is 155 Å². The molecule has 5 nitrogen and oxygen atoms in total. The average Bonchev–Trinajstić information content (AvgIpc) is 2.65. The molecule has 0 saturated heterocycles. The van der Waals surface area contributed by atoms with Gasteiger partial charge in [0, 0.05) is 6.54 Å². The summed E-state index contributed by atoms with van der Waals surface area (Å²) in [6.07, 6.45) is 1.10. The Morgan fingerprint density at radius 1 is 0.923 bits per heavy atom. The smallest absolute Gasteiger partial charge is 0.224 e. The summed E-state index contributed by atoms with van der Waals surface area (Å²) in [7, 11) is 1.62. The van der Waals surface area contributed by atoms with Crippen LogP contribution in [0.4, 0.5) is 0 Å². The molecule has 0 atom stereocenters. The van der Waals surface area contributed by atoms with E-state index in [-0.39, 0.29) is 5.91 Å². The van der Waals surface area contributed by atoms with Crippen molar-refractivity contribution >= 4 is 5.91 Å². The molecule has 2 aromatic rings. The number of benzene rings is 2. The second kappa shape index (κ2) is 10.3. The summed E-state index contributed by atoms with van der Waals surface area (Å²) in [5.74, 6) is 2.29. The summed E-state index contributed by atoms with van der Waals surface area (Å²) >= 11 is 0. The number of rotatable bonds is 10. The summed E-state index contributed by atoms with van der Waals surface area (Å²) in [6.45, 7) is 5.65. The van der Waals surface area contributed by atoms with E-state index in [9.17, 15) is 4.79 Å². The third-order valence-corrected chi connectivity index (χ3v) is 3.87. The average molecular weight is 357 g/mol. The molecule has 0 heterocycles. The first kappa shape index (κ1) is 19.6. The van der Waals surface area contributed by atoms with Gasteiger partial charge in [-0.25, -0.2) is 0 Å².